The van der Waals surface area contributed by atoms with Crippen molar-refractivity contribution in [2.75, 3.05) is 7.11 Å². The van der Waals surface area contributed by atoms with Crippen molar-refractivity contribution in [3.63, 3.8) is 0 Å². The third kappa shape index (κ3) is 3.55. The predicted molar refractivity (Wildman–Crippen MR) is 91.1 cm³/mol. The van der Waals surface area contributed by atoms with E-state index in [1.807, 2.05) is 30.3 Å². The minimum absolute atomic E-state index is 0.225. The van der Waals surface area contributed by atoms with Crippen LogP contribution in [0.25, 0.3) is 20.3 Å². The van der Waals surface area contributed by atoms with Gasteiger partial charge in [0, 0.05) is 22.8 Å². The minimum Gasteiger partial charge on any atom is -0.550 e. The molecule has 0 unspecified atom stereocenters. The third-order valence-corrected chi connectivity index (χ3v) is 5.70. The molecule has 0 bridgehead atoms. The Labute approximate surface area is 146 Å². The first-order chi connectivity index (χ1) is 11.1. The molecule has 0 saturated heterocycles. The number of halogens is 1. The molecule has 0 fully saturated rings. The standard InChI is InChI=1S/C16H12ClNO3S2/c1-21-10-4-2-9(3-5-10)16-18-11(8-14(19)20)15(23-16)12-6-7-13(17)22-12/h2-7H,8H2,1H3,(H,19,20)/p-1. The van der Waals surface area contributed by atoms with Gasteiger partial charge in [-0.25, -0.2) is 4.98 Å². The lowest BCUT2D eigenvalue weighted by Crippen LogP contribution is -2.24. The normalized spacial score (nSPS) is 10.7. The molecule has 0 amide bonds. The van der Waals surface area contributed by atoms with Crippen LogP contribution >= 0.6 is 34.3 Å². The number of nitrogens with zero attached hydrogens (tertiary/aromatic N) is 1. The van der Waals surface area contributed by atoms with E-state index in [9.17, 15) is 9.90 Å². The Kier molecular flexibility index (Phi) is 4.66. The lowest BCUT2D eigenvalue weighted by molar-refractivity contribution is -0.304. The van der Waals surface area contributed by atoms with Crippen LogP contribution in [0.1, 0.15) is 5.69 Å². The van der Waals surface area contributed by atoms with Crippen molar-refractivity contribution < 1.29 is 14.6 Å². The number of thiophene rings is 1. The second kappa shape index (κ2) is 6.70. The fraction of sp³-hybridized carbons (Fsp3) is 0.125. The van der Waals surface area contributed by atoms with E-state index in [0.717, 1.165) is 26.1 Å². The summed E-state index contributed by atoms with van der Waals surface area (Å²) in [5, 5.41) is 11.8. The van der Waals surface area contributed by atoms with Gasteiger partial charge in [-0.1, -0.05) is 11.6 Å². The molecule has 0 spiro atoms. The number of methoxy groups -OCH3 is 1. The molecule has 0 saturated carbocycles. The van der Waals surface area contributed by atoms with Crippen molar-refractivity contribution in [1.82, 2.24) is 4.98 Å². The van der Waals surface area contributed by atoms with Crippen LogP contribution in [0.2, 0.25) is 4.34 Å². The number of rotatable bonds is 5. The second-order valence-corrected chi connectivity index (χ2v) is 7.39. The third-order valence-electron chi connectivity index (χ3n) is 3.14. The van der Waals surface area contributed by atoms with E-state index in [4.69, 9.17) is 16.3 Å². The van der Waals surface area contributed by atoms with Gasteiger partial charge in [-0.3, -0.25) is 0 Å². The number of carbonyl (C=O) groups is 1. The average Bonchev–Trinajstić information content (AvgIpc) is 3.13. The highest BCUT2D eigenvalue weighted by atomic mass is 35.5. The highest BCUT2D eigenvalue weighted by Gasteiger charge is 2.16. The first-order valence-electron chi connectivity index (χ1n) is 6.66. The summed E-state index contributed by atoms with van der Waals surface area (Å²) in [4.78, 5) is 17.2. The Hall–Kier alpha value is -1.89. The summed E-state index contributed by atoms with van der Waals surface area (Å²) in [5.74, 6) is -0.397. The van der Waals surface area contributed by atoms with Gasteiger partial charge in [0.15, 0.2) is 0 Å². The SMILES string of the molecule is COc1ccc(-c2nc(CC(=O)[O-])c(-c3ccc(Cl)s3)s2)cc1. The van der Waals surface area contributed by atoms with Gasteiger partial charge in [0.2, 0.25) is 0 Å². The molecule has 0 aliphatic heterocycles. The number of benzene rings is 1. The van der Waals surface area contributed by atoms with Crippen molar-refractivity contribution in [2.24, 2.45) is 0 Å². The molecule has 0 radical (unpaired) electrons. The zero-order valence-corrected chi connectivity index (χ0v) is 14.4. The topological polar surface area (TPSA) is 62.2 Å². The molecule has 0 N–H and O–H groups in total. The van der Waals surface area contributed by atoms with Gasteiger partial charge in [-0.05, 0) is 36.4 Å². The van der Waals surface area contributed by atoms with Crippen LogP contribution in [0.5, 0.6) is 5.75 Å². The van der Waals surface area contributed by atoms with E-state index in [1.54, 1.807) is 13.2 Å². The minimum atomic E-state index is -1.15. The molecular formula is C16H11ClNO3S2-. The van der Waals surface area contributed by atoms with Crippen molar-refractivity contribution in [3.05, 3.63) is 46.4 Å². The Bertz CT molecular complexity index is 839. The summed E-state index contributed by atoms with van der Waals surface area (Å²) in [7, 11) is 1.61. The van der Waals surface area contributed by atoms with Crippen molar-refractivity contribution in [3.8, 4) is 26.1 Å². The number of aromatic nitrogens is 1. The average molecular weight is 365 g/mol. The molecule has 118 valence electrons. The van der Waals surface area contributed by atoms with Gasteiger partial charge in [0.05, 0.1) is 22.0 Å². The molecule has 0 aliphatic rings. The van der Waals surface area contributed by atoms with Crippen LogP contribution in [0.15, 0.2) is 36.4 Å². The maximum absolute atomic E-state index is 11.0. The van der Waals surface area contributed by atoms with Crippen LogP contribution in [0.4, 0.5) is 0 Å². The van der Waals surface area contributed by atoms with Gasteiger partial charge in [-0.2, -0.15) is 0 Å². The number of thiazole rings is 1. The monoisotopic (exact) mass is 364 g/mol. The van der Waals surface area contributed by atoms with Gasteiger partial charge >= 0.3 is 0 Å². The van der Waals surface area contributed by atoms with Crippen LogP contribution in [-0.2, 0) is 11.2 Å². The number of aliphatic carboxylic acids is 1. The molecule has 3 aromatic rings. The number of hydrogen-bond donors (Lipinski definition) is 0. The number of carboxylic acid groups (broad SMARTS) is 1. The van der Waals surface area contributed by atoms with Crippen LogP contribution in [0, 0.1) is 0 Å². The number of carbonyl (C=O) groups excluding carboxylic acids is 1. The molecule has 7 heteroatoms. The zero-order valence-electron chi connectivity index (χ0n) is 12.0. The van der Waals surface area contributed by atoms with Crippen LogP contribution in [-0.4, -0.2) is 18.1 Å². The molecule has 2 heterocycles. The predicted octanol–water partition coefficient (Wildman–Crippen LogP) is 3.49. The first kappa shape index (κ1) is 16.0. The Balaban J connectivity index is 2.04. The summed E-state index contributed by atoms with van der Waals surface area (Å²) in [6.07, 6.45) is -0.225. The smallest absolute Gasteiger partial charge is 0.124 e. The van der Waals surface area contributed by atoms with E-state index in [0.29, 0.717) is 10.0 Å². The van der Waals surface area contributed by atoms with Crippen LogP contribution in [0.3, 0.4) is 0 Å². The summed E-state index contributed by atoms with van der Waals surface area (Å²) < 4.78 is 5.79. The van der Waals surface area contributed by atoms with Crippen molar-refractivity contribution in [1.29, 1.82) is 0 Å². The van der Waals surface area contributed by atoms with E-state index in [2.05, 4.69) is 4.98 Å². The van der Waals surface area contributed by atoms with E-state index >= 15 is 0 Å². The van der Waals surface area contributed by atoms with E-state index < -0.39 is 5.97 Å². The fourth-order valence-electron chi connectivity index (χ4n) is 2.09. The Morgan fingerprint density at radius 1 is 1.22 bits per heavy atom. The van der Waals surface area contributed by atoms with Gasteiger partial charge in [0.25, 0.3) is 0 Å². The fourth-order valence-corrected chi connectivity index (χ4v) is 4.36. The largest absolute Gasteiger partial charge is 0.550 e. The van der Waals surface area contributed by atoms with Crippen LogP contribution < -0.4 is 9.84 Å². The van der Waals surface area contributed by atoms with Gasteiger partial charge in [-0.15, -0.1) is 22.7 Å². The summed E-state index contributed by atoms with van der Waals surface area (Å²) in [6, 6.07) is 11.1. The highest BCUT2D eigenvalue weighted by molar-refractivity contribution is 7.25. The number of ether oxygens (including phenoxy) is 1. The molecule has 0 atom stereocenters. The first-order valence-corrected chi connectivity index (χ1v) is 8.67. The lowest BCUT2D eigenvalue weighted by atomic mass is 10.2. The Morgan fingerprint density at radius 2 is 1.96 bits per heavy atom. The van der Waals surface area contributed by atoms with Crippen molar-refractivity contribution >= 4 is 40.2 Å². The Morgan fingerprint density at radius 3 is 2.52 bits per heavy atom. The number of hydrogen-bond acceptors (Lipinski definition) is 6. The summed E-state index contributed by atoms with van der Waals surface area (Å²) in [6.45, 7) is 0. The van der Waals surface area contributed by atoms with E-state index in [-0.39, 0.29) is 6.42 Å². The van der Waals surface area contributed by atoms with Gasteiger partial charge in [0.1, 0.15) is 10.8 Å². The molecule has 23 heavy (non-hydrogen) atoms. The summed E-state index contributed by atoms with van der Waals surface area (Å²) >= 11 is 8.83. The molecule has 0 aliphatic carbocycles. The summed E-state index contributed by atoms with van der Waals surface area (Å²) in [5.41, 5.74) is 1.41. The molecule has 2 aromatic heterocycles. The zero-order chi connectivity index (χ0) is 16.4. The molecular weight excluding hydrogens is 354 g/mol. The quantitative estimate of drug-likeness (QED) is 0.695. The molecule has 3 rings (SSSR count). The molecule has 1 aromatic carbocycles. The molecule has 4 nitrogen and oxygen atoms in total. The second-order valence-electron chi connectivity index (χ2n) is 4.68. The highest BCUT2D eigenvalue weighted by Crippen LogP contribution is 2.40. The maximum Gasteiger partial charge on any atom is 0.124 e. The van der Waals surface area contributed by atoms with Gasteiger partial charge < -0.3 is 14.6 Å². The van der Waals surface area contributed by atoms with Crippen molar-refractivity contribution in [2.45, 2.75) is 6.42 Å². The van der Waals surface area contributed by atoms with E-state index in [1.165, 1.54) is 22.7 Å². The maximum atomic E-state index is 11.0. The lowest BCUT2D eigenvalue weighted by Gasteiger charge is -2.01. The number of carboxylic acids is 1.